The molecule has 1 aliphatic rings. The van der Waals surface area contributed by atoms with Gasteiger partial charge in [-0.2, -0.15) is 5.26 Å². The Balaban J connectivity index is 1.76. The van der Waals surface area contributed by atoms with Crippen LogP contribution in [0.2, 0.25) is 0 Å². The number of nitrogens with one attached hydrogen (secondary N) is 1. The number of aromatic nitrogens is 4. The average molecular weight is 327 g/mol. The van der Waals surface area contributed by atoms with Gasteiger partial charge in [0.25, 0.3) is 0 Å². The van der Waals surface area contributed by atoms with E-state index in [1.807, 2.05) is 30.2 Å². The Hall–Kier alpha value is -2.50. The van der Waals surface area contributed by atoms with Crippen LogP contribution in [-0.4, -0.2) is 56.8 Å². The molecule has 126 valence electrons. The number of likely N-dealkylation sites (N-methyl/N-ethyl adjacent to an activating group) is 1. The molecule has 1 fully saturated rings. The molecule has 8 nitrogen and oxygen atoms in total. The first-order valence-corrected chi connectivity index (χ1v) is 8.01. The van der Waals surface area contributed by atoms with Gasteiger partial charge in [0, 0.05) is 32.5 Å². The lowest BCUT2D eigenvalue weighted by Crippen LogP contribution is -2.48. The number of rotatable bonds is 5. The van der Waals surface area contributed by atoms with Crippen LogP contribution in [-0.2, 0) is 11.8 Å². The highest BCUT2D eigenvalue weighted by Crippen LogP contribution is 2.29. The Labute approximate surface area is 141 Å². The zero-order valence-corrected chi connectivity index (χ0v) is 13.9. The van der Waals surface area contributed by atoms with E-state index in [2.05, 4.69) is 32.1 Å². The molecule has 24 heavy (non-hydrogen) atoms. The number of imidazole rings is 1. The molecule has 0 unspecified atom stereocenters. The van der Waals surface area contributed by atoms with Gasteiger partial charge in [-0.1, -0.05) is 6.92 Å². The van der Waals surface area contributed by atoms with Crippen molar-refractivity contribution in [1.82, 2.24) is 24.4 Å². The van der Waals surface area contributed by atoms with Crippen molar-refractivity contribution in [3.8, 4) is 6.07 Å². The van der Waals surface area contributed by atoms with Crippen LogP contribution in [0.25, 0.3) is 0 Å². The normalized spacial score (nSPS) is 21.4. The molecule has 2 atom stereocenters. The molecule has 1 aliphatic heterocycles. The maximum absolute atomic E-state index is 8.93. The number of ether oxygens (including phenoxy) is 1. The van der Waals surface area contributed by atoms with E-state index in [1.165, 1.54) is 0 Å². The predicted molar refractivity (Wildman–Crippen MR) is 88.2 cm³/mol. The van der Waals surface area contributed by atoms with Gasteiger partial charge in [-0.15, -0.1) is 0 Å². The predicted octanol–water partition coefficient (Wildman–Crippen LogP) is 0.956. The van der Waals surface area contributed by atoms with E-state index in [4.69, 9.17) is 10.00 Å². The molecule has 0 radical (unpaired) electrons. The quantitative estimate of drug-likeness (QED) is 0.874. The number of hydrogen-bond donors (Lipinski definition) is 1. The highest BCUT2D eigenvalue weighted by molar-refractivity contribution is 5.30. The lowest BCUT2D eigenvalue weighted by atomic mass is 10.0. The number of hydrogen-bond acceptors (Lipinski definition) is 7. The van der Waals surface area contributed by atoms with Crippen LogP contribution in [0.3, 0.4) is 0 Å². The van der Waals surface area contributed by atoms with E-state index in [-0.39, 0.29) is 12.1 Å². The van der Waals surface area contributed by atoms with Crippen molar-refractivity contribution in [3.05, 3.63) is 36.2 Å². The Morgan fingerprint density at radius 2 is 2.38 bits per heavy atom. The Morgan fingerprint density at radius 1 is 1.50 bits per heavy atom. The summed E-state index contributed by atoms with van der Waals surface area (Å²) in [5.74, 6) is 0.440. The summed E-state index contributed by atoms with van der Waals surface area (Å²) in [4.78, 5) is 14.9. The van der Waals surface area contributed by atoms with Crippen LogP contribution in [0.4, 0.5) is 5.95 Å². The molecule has 0 spiro atoms. The van der Waals surface area contributed by atoms with Crippen LogP contribution in [0.5, 0.6) is 0 Å². The fourth-order valence-electron chi connectivity index (χ4n) is 3.04. The summed E-state index contributed by atoms with van der Waals surface area (Å²) in [6.07, 6.45) is 5.22. The molecule has 8 heteroatoms. The number of morpholine rings is 1. The molecular weight excluding hydrogens is 306 g/mol. The molecule has 3 heterocycles. The van der Waals surface area contributed by atoms with Crippen LogP contribution in [0, 0.1) is 11.3 Å². The first-order chi connectivity index (χ1) is 11.7. The Kier molecular flexibility index (Phi) is 5.03. The third-order valence-corrected chi connectivity index (χ3v) is 4.25. The van der Waals surface area contributed by atoms with Crippen LogP contribution < -0.4 is 5.32 Å². The van der Waals surface area contributed by atoms with Gasteiger partial charge in [0.2, 0.25) is 5.95 Å². The molecule has 1 saturated heterocycles. The van der Waals surface area contributed by atoms with E-state index in [0.29, 0.717) is 24.8 Å². The molecule has 3 rings (SSSR count). The second kappa shape index (κ2) is 7.38. The molecule has 0 aromatic carbocycles. The van der Waals surface area contributed by atoms with E-state index < -0.39 is 0 Å². The molecule has 0 saturated carbocycles. The van der Waals surface area contributed by atoms with E-state index in [9.17, 15) is 0 Å². The summed E-state index contributed by atoms with van der Waals surface area (Å²) in [5, 5.41) is 12.1. The monoisotopic (exact) mass is 327 g/mol. The van der Waals surface area contributed by atoms with Crippen LogP contribution in [0.1, 0.15) is 24.4 Å². The molecule has 0 bridgehead atoms. The van der Waals surface area contributed by atoms with Crippen molar-refractivity contribution in [2.24, 2.45) is 7.05 Å². The smallest absolute Gasteiger partial charge is 0.223 e. The van der Waals surface area contributed by atoms with Gasteiger partial charge in [-0.3, -0.25) is 4.90 Å². The van der Waals surface area contributed by atoms with E-state index in [0.717, 1.165) is 18.8 Å². The summed E-state index contributed by atoms with van der Waals surface area (Å²) in [7, 11) is 1.99. The fraction of sp³-hybridized carbons (Fsp3) is 0.500. The van der Waals surface area contributed by atoms with Crippen molar-refractivity contribution in [1.29, 1.82) is 5.26 Å². The number of anilines is 1. The third kappa shape index (κ3) is 3.37. The summed E-state index contributed by atoms with van der Waals surface area (Å²) >= 11 is 0. The van der Waals surface area contributed by atoms with Crippen LogP contribution >= 0.6 is 0 Å². The summed E-state index contributed by atoms with van der Waals surface area (Å²) in [5.41, 5.74) is 1.46. The number of nitrogens with zero attached hydrogens (tertiary/aromatic N) is 6. The molecule has 1 N–H and O–H groups in total. The number of aryl methyl sites for hydroxylation is 1. The van der Waals surface area contributed by atoms with Gasteiger partial charge >= 0.3 is 0 Å². The second-order valence-electron chi connectivity index (χ2n) is 5.67. The second-order valence-corrected chi connectivity index (χ2v) is 5.67. The lowest BCUT2D eigenvalue weighted by molar-refractivity contribution is -0.0661. The maximum Gasteiger partial charge on any atom is 0.223 e. The standard InChI is InChI=1S/C16H21N7O/c1-3-23-6-7-24-14(15(23)13-9-18-11-22(13)2)10-20-16-19-5-4-12(8-17)21-16/h4-5,9,11,14-15H,3,6-7,10H2,1-2H3,(H,19,20,21)/t14-,15-/m0/s1. The van der Waals surface area contributed by atoms with Crippen molar-refractivity contribution < 1.29 is 4.74 Å². The minimum absolute atomic E-state index is 0.0524. The van der Waals surface area contributed by atoms with Gasteiger partial charge in [0.1, 0.15) is 11.8 Å². The zero-order chi connectivity index (χ0) is 16.9. The first-order valence-electron chi connectivity index (χ1n) is 8.01. The molecule has 0 amide bonds. The largest absolute Gasteiger partial charge is 0.373 e. The van der Waals surface area contributed by atoms with E-state index >= 15 is 0 Å². The average Bonchev–Trinajstić information content (AvgIpc) is 3.05. The zero-order valence-electron chi connectivity index (χ0n) is 13.9. The molecule has 0 aliphatic carbocycles. The minimum atomic E-state index is -0.0524. The van der Waals surface area contributed by atoms with Crippen molar-refractivity contribution in [2.45, 2.75) is 19.1 Å². The SMILES string of the molecule is CCN1CCO[C@@H](CNc2nccc(C#N)n2)[C@@H]1c1cncn1C. The maximum atomic E-state index is 8.93. The van der Waals surface area contributed by atoms with Gasteiger partial charge in [-0.25, -0.2) is 15.0 Å². The first kappa shape index (κ1) is 16.4. The van der Waals surface area contributed by atoms with Crippen molar-refractivity contribution in [2.75, 3.05) is 31.6 Å². The molecular formula is C16H21N7O. The van der Waals surface area contributed by atoms with Gasteiger partial charge in [0.05, 0.1) is 30.8 Å². The highest BCUT2D eigenvalue weighted by atomic mass is 16.5. The Morgan fingerprint density at radius 3 is 3.08 bits per heavy atom. The van der Waals surface area contributed by atoms with E-state index in [1.54, 1.807) is 12.3 Å². The lowest BCUT2D eigenvalue weighted by Gasteiger charge is -2.40. The van der Waals surface area contributed by atoms with Gasteiger partial charge in [0.15, 0.2) is 0 Å². The van der Waals surface area contributed by atoms with Crippen molar-refractivity contribution >= 4 is 5.95 Å². The molecule has 2 aromatic rings. The minimum Gasteiger partial charge on any atom is -0.373 e. The fourth-order valence-corrected chi connectivity index (χ4v) is 3.04. The topological polar surface area (TPSA) is 91.9 Å². The summed E-state index contributed by atoms with van der Waals surface area (Å²) < 4.78 is 8.04. The highest BCUT2D eigenvalue weighted by Gasteiger charge is 2.34. The van der Waals surface area contributed by atoms with Crippen molar-refractivity contribution in [3.63, 3.8) is 0 Å². The third-order valence-electron chi connectivity index (χ3n) is 4.25. The van der Waals surface area contributed by atoms with Gasteiger partial charge < -0.3 is 14.6 Å². The van der Waals surface area contributed by atoms with Crippen LogP contribution in [0.15, 0.2) is 24.8 Å². The van der Waals surface area contributed by atoms with Gasteiger partial charge in [-0.05, 0) is 12.6 Å². The molecule has 2 aromatic heterocycles. The summed E-state index contributed by atoms with van der Waals surface area (Å²) in [6.45, 7) is 5.23. The number of nitriles is 1. The Bertz CT molecular complexity index is 723. The summed E-state index contributed by atoms with van der Waals surface area (Å²) in [6, 6.07) is 3.71.